The molecule has 0 saturated carbocycles. The van der Waals surface area contributed by atoms with Crippen molar-refractivity contribution in [3.05, 3.63) is 72.2 Å². The second kappa shape index (κ2) is 14.6. The average Bonchev–Trinajstić information content (AvgIpc) is 2.77. The van der Waals surface area contributed by atoms with Crippen LogP contribution in [0.3, 0.4) is 0 Å². The number of rotatable bonds is 13. The van der Waals surface area contributed by atoms with Crippen LogP contribution in [0, 0.1) is 5.41 Å². The minimum atomic E-state index is -0.920. The van der Waals surface area contributed by atoms with Gasteiger partial charge in [0.25, 0.3) is 0 Å². The van der Waals surface area contributed by atoms with Gasteiger partial charge in [-0.15, -0.1) is 0 Å². The molecule has 0 aliphatic rings. The fraction of sp³-hybridized carbons (Fsp3) is 0.360. The number of aliphatic imine (C=N–C) groups is 2. The van der Waals surface area contributed by atoms with E-state index in [2.05, 4.69) is 21.9 Å². The number of hydrogen-bond donors (Lipinski definition) is 2. The quantitative estimate of drug-likeness (QED) is 0.206. The summed E-state index contributed by atoms with van der Waals surface area (Å²) in [5.41, 5.74) is 2.29. The van der Waals surface area contributed by atoms with Crippen molar-refractivity contribution in [2.45, 2.75) is 39.8 Å². The molecule has 32 heavy (non-hydrogen) atoms. The number of benzene rings is 1. The normalized spacial score (nSPS) is 13.4. The molecule has 0 amide bonds. The molecule has 0 bridgehead atoms. The van der Waals surface area contributed by atoms with E-state index in [4.69, 9.17) is 5.41 Å². The van der Waals surface area contributed by atoms with Crippen molar-refractivity contribution in [3.8, 4) is 0 Å². The molecule has 172 valence electrons. The van der Waals surface area contributed by atoms with Gasteiger partial charge in [-0.05, 0) is 44.9 Å². The molecule has 6 nitrogen and oxygen atoms in total. The van der Waals surface area contributed by atoms with Crippen LogP contribution in [0.4, 0.5) is 4.39 Å². The first-order valence-electron chi connectivity index (χ1n) is 10.7. The predicted molar refractivity (Wildman–Crippen MR) is 132 cm³/mol. The van der Waals surface area contributed by atoms with Gasteiger partial charge in [0.1, 0.15) is 0 Å². The molecule has 0 aliphatic heterocycles. The number of ketones is 1. The van der Waals surface area contributed by atoms with Crippen LogP contribution in [0.15, 0.2) is 71.1 Å². The second-order valence-electron chi connectivity index (χ2n) is 7.22. The molecule has 0 fully saturated rings. The van der Waals surface area contributed by atoms with Gasteiger partial charge in [-0.2, -0.15) is 0 Å². The molecule has 0 heterocycles. The maximum absolute atomic E-state index is 13.1. The van der Waals surface area contributed by atoms with Gasteiger partial charge in [-0.1, -0.05) is 24.8 Å². The minimum absolute atomic E-state index is 0.0289. The Morgan fingerprint density at radius 2 is 2.16 bits per heavy atom. The highest BCUT2D eigenvalue weighted by Crippen LogP contribution is 2.10. The first-order valence-corrected chi connectivity index (χ1v) is 10.7. The lowest BCUT2D eigenvalue weighted by molar-refractivity contribution is -0.109. The van der Waals surface area contributed by atoms with Gasteiger partial charge in [-0.25, -0.2) is 9.38 Å². The summed E-state index contributed by atoms with van der Waals surface area (Å²) in [6.45, 7) is 10.3. The molecular weight excluding hydrogens is 405 g/mol. The van der Waals surface area contributed by atoms with Crippen molar-refractivity contribution < 1.29 is 9.18 Å². The molecule has 0 saturated heterocycles. The van der Waals surface area contributed by atoms with Crippen molar-refractivity contribution in [2.75, 3.05) is 20.1 Å². The monoisotopic (exact) mass is 439 g/mol. The van der Waals surface area contributed by atoms with Crippen molar-refractivity contribution in [1.29, 1.82) is 5.41 Å². The Morgan fingerprint density at radius 3 is 2.78 bits per heavy atom. The van der Waals surface area contributed by atoms with E-state index >= 15 is 0 Å². The van der Waals surface area contributed by atoms with Crippen LogP contribution in [0.2, 0.25) is 0 Å². The Hall–Kier alpha value is -3.35. The summed E-state index contributed by atoms with van der Waals surface area (Å²) in [5.74, 6) is 0.130. The van der Waals surface area contributed by atoms with Crippen LogP contribution >= 0.6 is 0 Å². The van der Waals surface area contributed by atoms with E-state index in [9.17, 15) is 9.18 Å². The van der Waals surface area contributed by atoms with Gasteiger partial charge in [0, 0.05) is 56.8 Å². The Morgan fingerprint density at radius 1 is 1.41 bits per heavy atom. The Labute approximate surface area is 190 Å². The van der Waals surface area contributed by atoms with Crippen LogP contribution in [-0.2, 0) is 11.2 Å². The third-order valence-corrected chi connectivity index (χ3v) is 4.47. The molecule has 0 radical (unpaired) electrons. The van der Waals surface area contributed by atoms with Crippen LogP contribution in [0.5, 0.6) is 0 Å². The molecule has 2 N–H and O–H groups in total. The maximum Gasteiger partial charge on any atom is 0.201 e. The van der Waals surface area contributed by atoms with Crippen LogP contribution < -0.4 is 5.32 Å². The SMILES string of the molecule is C=C/C(=C\N(C)CC)N/C=C\C(=O)C(=N)Cc1cccc(C(N=CC)=NCCC(C)F)c1. The molecule has 0 spiro atoms. The first kappa shape index (κ1) is 26.7. The highest BCUT2D eigenvalue weighted by Gasteiger charge is 2.09. The van der Waals surface area contributed by atoms with E-state index in [-0.39, 0.29) is 17.9 Å². The highest BCUT2D eigenvalue weighted by molar-refractivity contribution is 6.43. The van der Waals surface area contributed by atoms with Crippen molar-refractivity contribution >= 4 is 23.5 Å². The van der Waals surface area contributed by atoms with E-state index in [0.29, 0.717) is 18.8 Å². The molecule has 1 rings (SSSR count). The van der Waals surface area contributed by atoms with Crippen molar-refractivity contribution in [2.24, 2.45) is 9.98 Å². The molecule has 0 aliphatic carbocycles. The number of allylic oxidation sites excluding steroid dienone is 2. The number of carbonyl (C=O) groups is 1. The standard InChI is InChI=1S/C25H34FN5O/c1-6-22(18-31(5)8-3)29-15-13-24(32)23(27)17-20-10-9-11-21(16-20)25(28-7-2)30-14-12-19(4)26/h6-7,9-11,13,15-16,18-19,27,29H,1,8,12,14,17H2,2-5H3/b15-13-,22-18+,27-23?,28-7?,30-25?. The number of hydrogen-bond acceptors (Lipinski definition) is 5. The van der Waals surface area contributed by atoms with Gasteiger partial charge >= 0.3 is 0 Å². The summed E-state index contributed by atoms with van der Waals surface area (Å²) in [5, 5.41) is 11.1. The van der Waals surface area contributed by atoms with E-state index < -0.39 is 6.17 Å². The summed E-state index contributed by atoms with van der Waals surface area (Å²) < 4.78 is 13.1. The zero-order valence-corrected chi connectivity index (χ0v) is 19.4. The molecule has 1 unspecified atom stereocenters. The van der Waals surface area contributed by atoms with Gasteiger partial charge in [0.2, 0.25) is 5.78 Å². The average molecular weight is 440 g/mol. The Kier molecular flexibility index (Phi) is 12.2. The van der Waals surface area contributed by atoms with E-state index in [0.717, 1.165) is 23.4 Å². The minimum Gasteiger partial charge on any atom is -0.379 e. The number of nitrogens with one attached hydrogen (secondary N) is 2. The van der Waals surface area contributed by atoms with E-state index in [1.54, 1.807) is 19.2 Å². The van der Waals surface area contributed by atoms with Crippen molar-refractivity contribution in [1.82, 2.24) is 10.2 Å². The zero-order chi connectivity index (χ0) is 23.9. The van der Waals surface area contributed by atoms with Gasteiger partial charge in [-0.3, -0.25) is 9.79 Å². The summed E-state index contributed by atoms with van der Waals surface area (Å²) in [4.78, 5) is 23.0. The van der Waals surface area contributed by atoms with Crippen molar-refractivity contribution in [3.63, 3.8) is 0 Å². The van der Waals surface area contributed by atoms with Gasteiger partial charge in [0.15, 0.2) is 5.84 Å². The number of alkyl halides is 1. The number of amidine groups is 1. The third-order valence-electron chi connectivity index (χ3n) is 4.47. The lowest BCUT2D eigenvalue weighted by Gasteiger charge is -2.12. The molecule has 7 heteroatoms. The molecule has 1 atom stereocenters. The molecular formula is C25H34FN5O. The highest BCUT2D eigenvalue weighted by atomic mass is 19.1. The topological polar surface area (TPSA) is 80.9 Å². The zero-order valence-electron chi connectivity index (χ0n) is 19.4. The second-order valence-corrected chi connectivity index (χ2v) is 7.22. The molecule has 1 aromatic carbocycles. The summed E-state index contributed by atoms with van der Waals surface area (Å²) >= 11 is 0. The Bertz CT molecular complexity index is 899. The summed E-state index contributed by atoms with van der Waals surface area (Å²) in [7, 11) is 1.94. The smallest absolute Gasteiger partial charge is 0.201 e. The maximum atomic E-state index is 13.1. The third kappa shape index (κ3) is 10.1. The van der Waals surface area contributed by atoms with E-state index in [1.807, 2.05) is 49.3 Å². The number of carbonyl (C=O) groups excluding carboxylic acids is 1. The van der Waals surface area contributed by atoms with Crippen LogP contribution in [-0.4, -0.2) is 54.8 Å². The molecule has 1 aromatic rings. The number of halogens is 1. The predicted octanol–water partition coefficient (Wildman–Crippen LogP) is 4.49. The lowest BCUT2D eigenvalue weighted by atomic mass is 10.0. The fourth-order valence-electron chi connectivity index (χ4n) is 2.58. The fourth-order valence-corrected chi connectivity index (χ4v) is 2.58. The van der Waals surface area contributed by atoms with E-state index in [1.165, 1.54) is 19.2 Å². The number of nitrogens with zero attached hydrogens (tertiary/aromatic N) is 3. The summed E-state index contributed by atoms with van der Waals surface area (Å²) in [6.07, 6.45) is 7.62. The van der Waals surface area contributed by atoms with Crippen LogP contribution in [0.25, 0.3) is 0 Å². The summed E-state index contributed by atoms with van der Waals surface area (Å²) in [6, 6.07) is 7.40. The first-order chi connectivity index (χ1) is 15.3. The Balaban J connectivity index is 2.83. The lowest BCUT2D eigenvalue weighted by Crippen LogP contribution is -2.16. The van der Waals surface area contributed by atoms with Gasteiger partial charge in [0.05, 0.1) is 17.6 Å². The van der Waals surface area contributed by atoms with Gasteiger partial charge < -0.3 is 15.6 Å². The molecule has 0 aromatic heterocycles. The largest absolute Gasteiger partial charge is 0.379 e. The van der Waals surface area contributed by atoms with Crippen LogP contribution in [0.1, 0.15) is 38.3 Å².